The summed E-state index contributed by atoms with van der Waals surface area (Å²) in [5.41, 5.74) is 6.49. The van der Waals surface area contributed by atoms with E-state index in [9.17, 15) is 9.59 Å². The van der Waals surface area contributed by atoms with Crippen molar-refractivity contribution in [2.24, 2.45) is 0 Å². The van der Waals surface area contributed by atoms with E-state index in [2.05, 4.69) is 73.9 Å². The van der Waals surface area contributed by atoms with Crippen molar-refractivity contribution in [3.05, 3.63) is 83.2 Å². The summed E-state index contributed by atoms with van der Waals surface area (Å²) >= 11 is 0. The fraction of sp³-hybridized carbons (Fsp3) is 0.400. The third kappa shape index (κ3) is 4.11. The van der Waals surface area contributed by atoms with E-state index in [0.29, 0.717) is 25.7 Å². The number of carbonyl (C=O) groups excluding carboxylic acids is 2. The van der Waals surface area contributed by atoms with E-state index in [1.807, 2.05) is 26.2 Å². The second-order valence-corrected chi connectivity index (χ2v) is 10.6. The topological polar surface area (TPSA) is 40.6 Å². The van der Waals surface area contributed by atoms with Crippen molar-refractivity contribution in [3.63, 3.8) is 0 Å². The number of ketones is 2. The molecule has 0 unspecified atom stereocenters. The van der Waals surface area contributed by atoms with Crippen LogP contribution in [0.3, 0.4) is 0 Å². The van der Waals surface area contributed by atoms with Crippen LogP contribution in [0.2, 0.25) is 0 Å². The van der Waals surface area contributed by atoms with Gasteiger partial charge >= 0.3 is 0 Å². The minimum atomic E-state index is -0.194. The first-order valence-electron chi connectivity index (χ1n) is 12.2. The zero-order valence-electron chi connectivity index (χ0n) is 21.3. The predicted octanol–water partition coefficient (Wildman–Crippen LogP) is 6.31. The average Bonchev–Trinajstić information content (AvgIpc) is 3.12. The summed E-state index contributed by atoms with van der Waals surface area (Å²) in [7, 11) is 4.05. The number of benzene rings is 2. The zero-order valence-corrected chi connectivity index (χ0v) is 21.3. The van der Waals surface area contributed by atoms with E-state index in [0.717, 1.165) is 22.8 Å². The van der Waals surface area contributed by atoms with Gasteiger partial charge in [-0.2, -0.15) is 0 Å². The Morgan fingerprint density at radius 1 is 0.676 bits per heavy atom. The number of para-hydroxylation sites is 2. The lowest BCUT2D eigenvalue weighted by atomic mass is 9.83. The van der Waals surface area contributed by atoms with E-state index in [-0.39, 0.29) is 22.4 Å². The second-order valence-electron chi connectivity index (χ2n) is 10.6. The van der Waals surface area contributed by atoms with Crippen LogP contribution in [-0.4, -0.2) is 25.7 Å². The molecule has 2 heterocycles. The number of likely N-dealkylation sites (N-methyl/N-ethyl adjacent to an activating group) is 2. The van der Waals surface area contributed by atoms with Crippen LogP contribution < -0.4 is 9.80 Å². The minimum absolute atomic E-state index is 0.126. The summed E-state index contributed by atoms with van der Waals surface area (Å²) < 4.78 is 0. The summed E-state index contributed by atoms with van der Waals surface area (Å²) in [6.07, 6.45) is 5.96. The highest BCUT2D eigenvalue weighted by Crippen LogP contribution is 2.47. The maximum atomic E-state index is 12.8. The van der Waals surface area contributed by atoms with Crippen LogP contribution in [-0.2, 0) is 20.4 Å². The van der Waals surface area contributed by atoms with E-state index in [4.69, 9.17) is 0 Å². The van der Waals surface area contributed by atoms with Crippen molar-refractivity contribution in [1.29, 1.82) is 0 Å². The van der Waals surface area contributed by atoms with Crippen molar-refractivity contribution >= 4 is 22.9 Å². The van der Waals surface area contributed by atoms with Gasteiger partial charge < -0.3 is 9.80 Å². The van der Waals surface area contributed by atoms with Crippen molar-refractivity contribution in [1.82, 2.24) is 0 Å². The molecule has 0 N–H and O–H groups in total. The summed E-state index contributed by atoms with van der Waals surface area (Å²) in [6.45, 7) is 8.67. The number of rotatable bonds is 7. The molecule has 0 saturated carbocycles. The Bertz CT molecular complexity index is 1090. The molecule has 0 amide bonds. The number of fused-ring (bicyclic) bond motifs is 2. The van der Waals surface area contributed by atoms with Gasteiger partial charge in [0.1, 0.15) is 0 Å². The second kappa shape index (κ2) is 8.90. The van der Waals surface area contributed by atoms with Gasteiger partial charge in [0.15, 0.2) is 11.6 Å². The summed E-state index contributed by atoms with van der Waals surface area (Å²) in [5.74, 6) is 0.251. The van der Waals surface area contributed by atoms with Crippen LogP contribution in [0.15, 0.2) is 72.1 Å². The number of anilines is 2. The number of allylic oxidation sites excluding steroid dienone is 4. The lowest BCUT2D eigenvalue weighted by molar-refractivity contribution is -0.116. The number of unbranched alkanes of at least 4 members (excludes halogenated alkanes) is 1. The van der Waals surface area contributed by atoms with Crippen LogP contribution in [0.1, 0.15) is 64.5 Å². The van der Waals surface area contributed by atoms with Gasteiger partial charge in [-0.05, 0) is 36.1 Å². The van der Waals surface area contributed by atoms with E-state index in [1.165, 1.54) is 11.1 Å². The zero-order chi connectivity index (χ0) is 24.7. The van der Waals surface area contributed by atoms with E-state index < -0.39 is 0 Å². The molecule has 4 rings (SSSR count). The van der Waals surface area contributed by atoms with Crippen LogP contribution in [0, 0.1) is 0 Å². The first-order chi connectivity index (χ1) is 16.0. The number of carbonyl (C=O) groups is 2. The Kier molecular flexibility index (Phi) is 6.28. The highest BCUT2D eigenvalue weighted by atomic mass is 16.1. The molecule has 34 heavy (non-hydrogen) atoms. The molecule has 0 saturated heterocycles. The third-order valence-corrected chi connectivity index (χ3v) is 7.57. The number of nitrogens with zero attached hydrogens (tertiary/aromatic N) is 2. The summed E-state index contributed by atoms with van der Waals surface area (Å²) in [6, 6.07) is 16.6. The minimum Gasteiger partial charge on any atom is -0.347 e. The van der Waals surface area contributed by atoms with Gasteiger partial charge in [-0.3, -0.25) is 9.59 Å². The molecule has 178 valence electrons. The van der Waals surface area contributed by atoms with Crippen molar-refractivity contribution in [2.45, 2.75) is 64.2 Å². The van der Waals surface area contributed by atoms with Crippen molar-refractivity contribution in [3.8, 4) is 0 Å². The van der Waals surface area contributed by atoms with Gasteiger partial charge in [0.25, 0.3) is 0 Å². The molecule has 0 radical (unpaired) electrons. The first-order valence-corrected chi connectivity index (χ1v) is 12.2. The maximum absolute atomic E-state index is 12.8. The molecule has 0 spiro atoms. The molecule has 4 heteroatoms. The SMILES string of the molecule is CN1C(=CC(=O)CCCCC(=O)C=C2N(C)c3ccccc3C2(C)C)C(C)(C)c2ccccc21. The lowest BCUT2D eigenvalue weighted by Crippen LogP contribution is -2.24. The highest BCUT2D eigenvalue weighted by molar-refractivity contribution is 5.93. The molecule has 2 aromatic rings. The van der Waals surface area contributed by atoms with Gasteiger partial charge in [-0.1, -0.05) is 64.1 Å². The van der Waals surface area contributed by atoms with Gasteiger partial charge in [0.05, 0.1) is 0 Å². The Balaban J connectivity index is 1.33. The third-order valence-electron chi connectivity index (χ3n) is 7.57. The van der Waals surface area contributed by atoms with Crippen molar-refractivity contribution in [2.75, 3.05) is 23.9 Å². The van der Waals surface area contributed by atoms with Crippen LogP contribution in [0.25, 0.3) is 0 Å². The van der Waals surface area contributed by atoms with Crippen LogP contribution in [0.4, 0.5) is 11.4 Å². The fourth-order valence-corrected chi connectivity index (χ4v) is 5.57. The molecule has 0 aromatic heterocycles. The molecule has 0 aliphatic carbocycles. The Morgan fingerprint density at radius 3 is 1.38 bits per heavy atom. The number of hydrogen-bond acceptors (Lipinski definition) is 4. The van der Waals surface area contributed by atoms with E-state index >= 15 is 0 Å². The summed E-state index contributed by atoms with van der Waals surface area (Å²) in [4.78, 5) is 29.8. The molecule has 0 bridgehead atoms. The Morgan fingerprint density at radius 2 is 1.03 bits per heavy atom. The largest absolute Gasteiger partial charge is 0.347 e. The van der Waals surface area contributed by atoms with E-state index in [1.54, 1.807) is 12.2 Å². The molecule has 0 fully saturated rings. The fourth-order valence-electron chi connectivity index (χ4n) is 5.57. The Hall–Kier alpha value is -3.14. The quantitative estimate of drug-likeness (QED) is 0.362. The van der Waals surface area contributed by atoms with Gasteiger partial charge in [-0.25, -0.2) is 0 Å². The predicted molar refractivity (Wildman–Crippen MR) is 140 cm³/mol. The normalized spacial score (nSPS) is 20.1. The molecular weight excluding hydrogens is 420 g/mol. The maximum Gasteiger partial charge on any atom is 0.157 e. The van der Waals surface area contributed by atoms with Gasteiger partial charge in [0.2, 0.25) is 0 Å². The Labute approximate surface area is 204 Å². The standard InChI is InChI=1S/C30H36N2O2/c1-29(2)23-15-9-11-17-25(23)31(5)27(29)19-21(33)13-7-8-14-22(34)20-28-30(3,4)24-16-10-12-18-26(24)32(28)6/h9-12,15-20H,7-8,13-14H2,1-6H3. The first kappa shape index (κ1) is 24.0. The van der Waals surface area contributed by atoms with Gasteiger partial charge in [-0.15, -0.1) is 0 Å². The van der Waals surface area contributed by atoms with Crippen LogP contribution >= 0.6 is 0 Å². The molecule has 2 aliphatic rings. The van der Waals surface area contributed by atoms with Crippen molar-refractivity contribution < 1.29 is 9.59 Å². The monoisotopic (exact) mass is 456 g/mol. The average molecular weight is 457 g/mol. The number of hydrogen-bond donors (Lipinski definition) is 0. The summed E-state index contributed by atoms with van der Waals surface area (Å²) in [5, 5.41) is 0. The molecule has 0 atom stereocenters. The smallest absolute Gasteiger partial charge is 0.157 e. The molecule has 2 aliphatic heterocycles. The highest BCUT2D eigenvalue weighted by Gasteiger charge is 2.39. The molecular formula is C30H36N2O2. The van der Waals surface area contributed by atoms with Gasteiger partial charge in [0, 0.05) is 72.7 Å². The lowest BCUT2D eigenvalue weighted by Gasteiger charge is -2.24. The molecule has 4 nitrogen and oxygen atoms in total. The molecule has 2 aromatic carbocycles. The van der Waals surface area contributed by atoms with Crippen LogP contribution in [0.5, 0.6) is 0 Å².